The number of hydrogen-bond donors (Lipinski definition) is 0. The van der Waals surface area contributed by atoms with E-state index in [9.17, 15) is 26.0 Å². The monoisotopic (exact) mass is 538 g/mol. The zero-order valence-corrected chi connectivity index (χ0v) is 20.2. The molecule has 0 unspecified atom stereocenters. The van der Waals surface area contributed by atoms with Gasteiger partial charge in [0.15, 0.2) is 11.6 Å². The molecule has 0 amide bonds. The summed E-state index contributed by atoms with van der Waals surface area (Å²) in [6.45, 7) is -0.0272. The molecule has 1 heterocycles. The minimum Gasteiger partial charge on any atom is -0.490 e. The Labute approximate surface area is 205 Å². The van der Waals surface area contributed by atoms with Crippen molar-refractivity contribution >= 4 is 21.4 Å². The van der Waals surface area contributed by atoms with E-state index in [1.807, 2.05) is 12.1 Å². The van der Waals surface area contributed by atoms with Crippen molar-refractivity contribution in [1.29, 1.82) is 0 Å². The third kappa shape index (κ3) is 5.29. The quantitative estimate of drug-likeness (QED) is 0.320. The molecule has 3 atom stereocenters. The number of ether oxygens (including phenoxy) is 2. The molecule has 1 saturated carbocycles. The number of fused-ring (bicyclic) bond motifs is 3. The summed E-state index contributed by atoms with van der Waals surface area (Å²) in [6.07, 6.45) is 1.05. The molecule has 2 aliphatic rings. The first-order chi connectivity index (χ1) is 16.4. The lowest BCUT2D eigenvalue weighted by atomic mass is 9.58. The molecule has 2 aromatic carbocycles. The van der Waals surface area contributed by atoms with Crippen molar-refractivity contribution in [2.45, 2.75) is 49.1 Å². The van der Waals surface area contributed by atoms with E-state index in [0.29, 0.717) is 30.7 Å². The van der Waals surface area contributed by atoms with E-state index in [4.69, 9.17) is 21.1 Å². The Bertz CT molecular complexity index is 1170. The number of sulfone groups is 1. The summed E-state index contributed by atoms with van der Waals surface area (Å²) in [5.41, 5.74) is -4.97. The highest BCUT2D eigenvalue weighted by molar-refractivity contribution is 7.92. The predicted octanol–water partition coefficient (Wildman–Crippen LogP) is 6.00. The normalized spacial score (nSPS) is 24.4. The highest BCUT2D eigenvalue weighted by Crippen LogP contribution is 2.53. The molecular weight excluding hydrogens is 515 g/mol. The first kappa shape index (κ1) is 26.2. The summed E-state index contributed by atoms with van der Waals surface area (Å²) in [5.74, 6) is -2.59. The van der Waals surface area contributed by atoms with Gasteiger partial charge in [-0.2, -0.15) is 13.2 Å². The minimum absolute atomic E-state index is 0.0908. The largest absolute Gasteiger partial charge is 0.497 e. The molecule has 0 N–H and O–H groups in total. The minimum atomic E-state index is -5.29. The number of alkyl halides is 3. The van der Waals surface area contributed by atoms with Crippen molar-refractivity contribution in [2.75, 3.05) is 19.0 Å². The average Bonchev–Trinajstić information content (AvgIpc) is 2.79. The highest BCUT2D eigenvalue weighted by Gasteiger charge is 2.51. The summed E-state index contributed by atoms with van der Waals surface area (Å²) in [4.78, 5) is 0. The van der Waals surface area contributed by atoms with Gasteiger partial charge in [0.2, 0.25) is 9.84 Å². The SMILES string of the molecule is O=S(=O)(CCCO[C@@H]1CC[C@@]2(Cc3ccc(Cl)cc3)c3c(F)ccc(F)c3OC[C@H]2C1)C(F)(F)F. The van der Waals surface area contributed by atoms with Crippen LogP contribution in [0.25, 0.3) is 0 Å². The van der Waals surface area contributed by atoms with Gasteiger partial charge in [-0.25, -0.2) is 17.2 Å². The average molecular weight is 539 g/mol. The fraction of sp³-hybridized carbons (Fsp3) is 0.500. The van der Waals surface area contributed by atoms with Gasteiger partial charge in [0, 0.05) is 28.5 Å². The summed E-state index contributed by atoms with van der Waals surface area (Å²) in [7, 11) is -5.20. The van der Waals surface area contributed by atoms with E-state index in [2.05, 4.69) is 0 Å². The Morgan fingerprint density at radius 1 is 1.09 bits per heavy atom. The van der Waals surface area contributed by atoms with Crippen LogP contribution in [0.1, 0.15) is 36.8 Å². The lowest BCUT2D eigenvalue weighted by molar-refractivity contribution is -0.0446. The maximum absolute atomic E-state index is 15.1. The zero-order valence-electron chi connectivity index (χ0n) is 18.6. The van der Waals surface area contributed by atoms with Crippen LogP contribution in [-0.2, 0) is 26.4 Å². The van der Waals surface area contributed by atoms with Crippen LogP contribution in [0.5, 0.6) is 5.75 Å². The topological polar surface area (TPSA) is 52.6 Å². The number of halogens is 6. The molecule has 0 bridgehead atoms. The molecule has 0 aromatic heterocycles. The van der Waals surface area contributed by atoms with Gasteiger partial charge in [0.05, 0.1) is 18.5 Å². The third-order valence-electron chi connectivity index (χ3n) is 6.92. The first-order valence-corrected chi connectivity index (χ1v) is 13.2. The van der Waals surface area contributed by atoms with Gasteiger partial charge in [-0.3, -0.25) is 0 Å². The first-order valence-electron chi connectivity index (χ1n) is 11.2. The van der Waals surface area contributed by atoms with E-state index < -0.39 is 38.1 Å². The van der Waals surface area contributed by atoms with Crippen molar-refractivity contribution in [3.05, 3.63) is 64.2 Å². The molecule has 1 aliphatic carbocycles. The molecule has 4 rings (SSSR count). The van der Waals surface area contributed by atoms with E-state index in [1.165, 1.54) is 0 Å². The molecule has 0 saturated heterocycles. The zero-order chi connectivity index (χ0) is 25.4. The standard InChI is InChI=1S/C24H24ClF5O4S/c25-17-4-2-15(3-5-17)13-23-9-8-18(33-10-1-11-35(31,32)24(28,29)30)12-16(23)14-34-22-20(27)7-6-19(26)21(22)23/h2-7,16,18H,1,8-14H2/t16-,18-,23+/m1/s1. The van der Waals surface area contributed by atoms with Crippen LogP contribution in [-0.4, -0.2) is 39.0 Å². The van der Waals surface area contributed by atoms with Crippen LogP contribution in [0.15, 0.2) is 36.4 Å². The summed E-state index contributed by atoms with van der Waals surface area (Å²) >= 11 is 6.00. The molecule has 35 heavy (non-hydrogen) atoms. The Hall–Kier alpha value is -1.91. The van der Waals surface area contributed by atoms with Gasteiger partial charge in [0.25, 0.3) is 0 Å². The van der Waals surface area contributed by atoms with Gasteiger partial charge in [0.1, 0.15) is 5.82 Å². The second kappa shape index (κ2) is 9.86. The van der Waals surface area contributed by atoms with Crippen LogP contribution >= 0.6 is 11.6 Å². The van der Waals surface area contributed by atoms with E-state index >= 15 is 4.39 Å². The molecule has 192 valence electrons. The summed E-state index contributed by atoms with van der Waals surface area (Å²) < 4.78 is 101. The van der Waals surface area contributed by atoms with Gasteiger partial charge in [-0.1, -0.05) is 23.7 Å². The fourth-order valence-corrected chi connectivity index (χ4v) is 6.07. The van der Waals surface area contributed by atoms with Crippen molar-refractivity contribution in [3.8, 4) is 5.75 Å². The molecule has 1 aliphatic heterocycles. The molecule has 11 heteroatoms. The molecule has 0 spiro atoms. The van der Waals surface area contributed by atoms with Gasteiger partial charge >= 0.3 is 5.51 Å². The van der Waals surface area contributed by atoms with Crippen LogP contribution in [0.2, 0.25) is 5.02 Å². The van der Waals surface area contributed by atoms with Crippen LogP contribution < -0.4 is 4.74 Å². The maximum atomic E-state index is 15.1. The van der Waals surface area contributed by atoms with Crippen molar-refractivity contribution < 1.29 is 39.8 Å². The van der Waals surface area contributed by atoms with Crippen molar-refractivity contribution in [1.82, 2.24) is 0 Å². The smallest absolute Gasteiger partial charge is 0.490 e. The molecule has 0 radical (unpaired) electrons. The Morgan fingerprint density at radius 2 is 1.77 bits per heavy atom. The van der Waals surface area contributed by atoms with Crippen molar-refractivity contribution in [2.24, 2.45) is 5.92 Å². The molecule has 2 aromatic rings. The number of hydrogen-bond acceptors (Lipinski definition) is 4. The van der Waals surface area contributed by atoms with Crippen LogP contribution in [0, 0.1) is 17.6 Å². The number of rotatable bonds is 7. The number of benzene rings is 2. The van der Waals surface area contributed by atoms with Crippen molar-refractivity contribution in [3.63, 3.8) is 0 Å². The van der Waals surface area contributed by atoms with E-state index in [-0.39, 0.29) is 43.0 Å². The summed E-state index contributed by atoms with van der Waals surface area (Å²) in [5, 5.41) is 0.553. The Balaban J connectivity index is 1.52. The fourth-order valence-electron chi connectivity index (χ4n) is 5.22. The molecule has 1 fully saturated rings. The van der Waals surface area contributed by atoms with Gasteiger partial charge < -0.3 is 9.47 Å². The van der Waals surface area contributed by atoms with Gasteiger partial charge in [-0.05, 0) is 61.9 Å². The molecule has 4 nitrogen and oxygen atoms in total. The van der Waals surface area contributed by atoms with Gasteiger partial charge in [-0.15, -0.1) is 0 Å². The lowest BCUT2D eigenvalue weighted by Gasteiger charge is -2.50. The maximum Gasteiger partial charge on any atom is 0.497 e. The second-order valence-corrected chi connectivity index (χ2v) is 11.6. The Morgan fingerprint density at radius 3 is 2.46 bits per heavy atom. The molecular formula is C24H24ClF5O4S. The predicted molar refractivity (Wildman–Crippen MR) is 120 cm³/mol. The third-order valence-corrected chi connectivity index (χ3v) is 8.71. The Kier molecular flexibility index (Phi) is 7.37. The van der Waals surface area contributed by atoms with Crippen LogP contribution in [0.3, 0.4) is 0 Å². The van der Waals surface area contributed by atoms with E-state index in [1.54, 1.807) is 12.1 Å². The lowest BCUT2D eigenvalue weighted by Crippen LogP contribution is -2.50. The summed E-state index contributed by atoms with van der Waals surface area (Å²) in [6, 6.07) is 9.26. The second-order valence-electron chi connectivity index (χ2n) is 9.09. The van der Waals surface area contributed by atoms with Crippen LogP contribution in [0.4, 0.5) is 22.0 Å². The van der Waals surface area contributed by atoms with E-state index in [0.717, 1.165) is 17.7 Å². The highest BCUT2D eigenvalue weighted by atomic mass is 35.5.